The summed E-state index contributed by atoms with van der Waals surface area (Å²) in [4.78, 5) is 4.25. The van der Waals surface area contributed by atoms with Gasteiger partial charge in [-0.15, -0.1) is 24.0 Å². The largest absolute Gasteiger partial charge is 0.493 e. The minimum absolute atomic E-state index is 0. The lowest BCUT2D eigenvalue weighted by Gasteiger charge is -2.24. The first-order valence-corrected chi connectivity index (χ1v) is 8.46. The third kappa shape index (κ3) is 6.46. The molecule has 8 heteroatoms. The number of benzene rings is 1. The first-order valence-electron chi connectivity index (χ1n) is 7.23. The first-order chi connectivity index (χ1) is 10.9. The molecule has 24 heavy (non-hydrogen) atoms. The molecule has 2 N–H and O–H groups in total. The van der Waals surface area contributed by atoms with Crippen molar-refractivity contribution in [3.05, 3.63) is 12.1 Å². The van der Waals surface area contributed by atoms with Gasteiger partial charge >= 0.3 is 0 Å². The van der Waals surface area contributed by atoms with E-state index in [9.17, 15) is 0 Å². The third-order valence-electron chi connectivity index (χ3n) is 3.39. The summed E-state index contributed by atoms with van der Waals surface area (Å²) < 4.78 is 16.2. The number of anilines is 1. The maximum absolute atomic E-state index is 5.36. The van der Waals surface area contributed by atoms with Gasteiger partial charge in [-0.1, -0.05) is 0 Å². The predicted molar refractivity (Wildman–Crippen MR) is 114 cm³/mol. The van der Waals surface area contributed by atoms with Crippen LogP contribution < -0.4 is 24.8 Å². The number of hydrogen-bond acceptors (Lipinski definition) is 5. The lowest BCUT2D eigenvalue weighted by atomic mass is 10.2. The Kier molecular flexibility index (Phi) is 10.3. The number of rotatable bonds is 7. The fraction of sp³-hybridized carbons (Fsp3) is 0.562. The first kappa shape index (κ1) is 23.0. The highest BCUT2D eigenvalue weighted by atomic mass is 127. The summed E-state index contributed by atoms with van der Waals surface area (Å²) in [5.41, 5.74) is 0.801. The van der Waals surface area contributed by atoms with Crippen molar-refractivity contribution in [2.24, 2.45) is 4.99 Å². The van der Waals surface area contributed by atoms with E-state index in [2.05, 4.69) is 35.7 Å². The average molecular weight is 469 g/mol. The number of ether oxygens (including phenoxy) is 3. The minimum Gasteiger partial charge on any atom is -0.493 e. The molecule has 0 fully saturated rings. The highest BCUT2D eigenvalue weighted by Crippen LogP contribution is 2.39. The van der Waals surface area contributed by atoms with Crippen LogP contribution >= 0.6 is 35.7 Å². The molecule has 0 bridgehead atoms. The Balaban J connectivity index is 0.00000529. The molecular weight excluding hydrogens is 441 g/mol. The van der Waals surface area contributed by atoms with Crippen LogP contribution in [0.1, 0.15) is 13.8 Å². The quantitative estimate of drug-likeness (QED) is 0.363. The summed E-state index contributed by atoms with van der Waals surface area (Å²) in [6.45, 7) is 5.15. The molecular formula is C16H28IN3O3S. The van der Waals surface area contributed by atoms with Crippen LogP contribution in [0.3, 0.4) is 0 Å². The molecule has 0 aliphatic rings. The van der Waals surface area contributed by atoms with Gasteiger partial charge in [0.25, 0.3) is 0 Å². The Morgan fingerprint density at radius 3 is 2.04 bits per heavy atom. The molecule has 1 aromatic rings. The Labute approximate surface area is 166 Å². The smallest absolute Gasteiger partial charge is 0.203 e. The molecule has 0 atom stereocenters. The topological polar surface area (TPSA) is 64.1 Å². The number of nitrogens with zero attached hydrogens (tertiary/aromatic N) is 1. The number of methoxy groups -OCH3 is 3. The summed E-state index contributed by atoms with van der Waals surface area (Å²) >= 11 is 1.80. The summed E-state index contributed by atoms with van der Waals surface area (Å²) in [5, 5.41) is 6.56. The van der Waals surface area contributed by atoms with Crippen LogP contribution in [0, 0.1) is 0 Å². The van der Waals surface area contributed by atoms with Gasteiger partial charge in [-0.25, -0.2) is 0 Å². The fourth-order valence-electron chi connectivity index (χ4n) is 1.84. The zero-order valence-corrected chi connectivity index (χ0v) is 18.5. The molecule has 1 aromatic carbocycles. The van der Waals surface area contributed by atoms with E-state index in [1.807, 2.05) is 12.1 Å². The van der Waals surface area contributed by atoms with Crippen molar-refractivity contribution in [2.75, 3.05) is 46.5 Å². The Morgan fingerprint density at radius 2 is 1.67 bits per heavy atom. The van der Waals surface area contributed by atoms with Gasteiger partial charge in [-0.2, -0.15) is 11.8 Å². The van der Waals surface area contributed by atoms with Gasteiger partial charge in [-0.3, -0.25) is 4.99 Å². The number of guanidine groups is 1. The van der Waals surface area contributed by atoms with Gasteiger partial charge in [-0.05, 0) is 20.1 Å². The third-order valence-corrected chi connectivity index (χ3v) is 4.63. The van der Waals surface area contributed by atoms with Crippen LogP contribution in [0.15, 0.2) is 17.1 Å². The molecule has 0 unspecified atom stereocenters. The molecule has 6 nitrogen and oxygen atoms in total. The standard InChI is InChI=1S/C16H27N3O3S.HI/c1-16(2,23-7)10-18-15(17-3)19-11-8-12(20-4)14(22-6)13(9-11)21-5;/h8-9H,10H2,1-7H3,(H2,17,18,19);1H. The number of hydrogen-bond donors (Lipinski definition) is 2. The van der Waals surface area contributed by atoms with Crippen molar-refractivity contribution in [3.8, 4) is 17.2 Å². The van der Waals surface area contributed by atoms with E-state index in [0.29, 0.717) is 23.2 Å². The van der Waals surface area contributed by atoms with E-state index in [-0.39, 0.29) is 28.7 Å². The van der Waals surface area contributed by atoms with Gasteiger partial charge < -0.3 is 24.8 Å². The van der Waals surface area contributed by atoms with Crippen LogP contribution in [0.5, 0.6) is 17.2 Å². The number of thioether (sulfide) groups is 1. The molecule has 0 aromatic heterocycles. The van der Waals surface area contributed by atoms with Gasteiger partial charge in [0.15, 0.2) is 17.5 Å². The summed E-state index contributed by atoms with van der Waals surface area (Å²) in [6, 6.07) is 3.68. The van der Waals surface area contributed by atoms with Crippen LogP contribution in [0.2, 0.25) is 0 Å². The average Bonchev–Trinajstić information content (AvgIpc) is 2.57. The van der Waals surface area contributed by atoms with Crippen LogP contribution in [0.25, 0.3) is 0 Å². The molecule has 0 saturated heterocycles. The normalized spacial score (nSPS) is 11.4. The Bertz CT molecular complexity index is 528. The van der Waals surface area contributed by atoms with E-state index in [1.165, 1.54) is 0 Å². The van der Waals surface area contributed by atoms with Gasteiger partial charge in [0.05, 0.1) is 21.3 Å². The fourth-order valence-corrected chi connectivity index (χ4v) is 2.05. The molecule has 0 saturated carbocycles. The molecule has 0 heterocycles. The predicted octanol–water partition coefficient (Wildman–Crippen LogP) is 3.46. The molecule has 1 rings (SSSR count). The monoisotopic (exact) mass is 469 g/mol. The second-order valence-electron chi connectivity index (χ2n) is 5.43. The van der Waals surface area contributed by atoms with Crippen LogP contribution in [0.4, 0.5) is 5.69 Å². The minimum atomic E-state index is 0. The van der Waals surface area contributed by atoms with E-state index in [4.69, 9.17) is 14.2 Å². The highest BCUT2D eigenvalue weighted by Gasteiger charge is 2.17. The maximum atomic E-state index is 5.36. The second-order valence-corrected chi connectivity index (χ2v) is 6.94. The van der Waals surface area contributed by atoms with Crippen molar-refractivity contribution in [1.29, 1.82) is 0 Å². The van der Waals surface area contributed by atoms with Crippen molar-refractivity contribution < 1.29 is 14.2 Å². The van der Waals surface area contributed by atoms with Crippen LogP contribution in [-0.2, 0) is 0 Å². The molecule has 0 aliphatic heterocycles. The molecule has 138 valence electrons. The van der Waals surface area contributed by atoms with Crippen molar-refractivity contribution in [2.45, 2.75) is 18.6 Å². The van der Waals surface area contributed by atoms with Crippen molar-refractivity contribution >= 4 is 47.4 Å². The zero-order chi connectivity index (χ0) is 17.5. The number of nitrogens with one attached hydrogen (secondary N) is 2. The lowest BCUT2D eigenvalue weighted by molar-refractivity contribution is 0.324. The summed E-state index contributed by atoms with van der Waals surface area (Å²) in [6.07, 6.45) is 2.09. The van der Waals surface area contributed by atoms with Gasteiger partial charge in [0, 0.05) is 36.2 Å². The van der Waals surface area contributed by atoms with Crippen molar-refractivity contribution in [3.63, 3.8) is 0 Å². The summed E-state index contributed by atoms with van der Waals surface area (Å²) in [5.74, 6) is 2.43. The Morgan fingerprint density at radius 1 is 1.12 bits per heavy atom. The lowest BCUT2D eigenvalue weighted by Crippen LogP contribution is -2.39. The maximum Gasteiger partial charge on any atom is 0.203 e. The van der Waals surface area contributed by atoms with Crippen molar-refractivity contribution in [1.82, 2.24) is 5.32 Å². The second kappa shape index (κ2) is 10.8. The molecule has 0 amide bonds. The number of halogens is 1. The summed E-state index contributed by atoms with van der Waals surface area (Å²) in [7, 11) is 6.50. The molecule has 0 spiro atoms. The van der Waals surface area contributed by atoms with Gasteiger partial charge in [0.1, 0.15) is 0 Å². The van der Waals surface area contributed by atoms with E-state index in [1.54, 1.807) is 40.1 Å². The van der Waals surface area contributed by atoms with E-state index < -0.39 is 0 Å². The van der Waals surface area contributed by atoms with Gasteiger partial charge in [0.2, 0.25) is 5.75 Å². The van der Waals surface area contributed by atoms with Crippen LogP contribution in [-0.4, -0.2) is 51.9 Å². The van der Waals surface area contributed by atoms with E-state index >= 15 is 0 Å². The number of aliphatic imine (C=N–C) groups is 1. The Hall–Kier alpha value is -1.03. The van der Waals surface area contributed by atoms with E-state index in [0.717, 1.165) is 12.2 Å². The molecule has 0 radical (unpaired) electrons. The highest BCUT2D eigenvalue weighted by molar-refractivity contribution is 14.0. The zero-order valence-electron chi connectivity index (χ0n) is 15.4. The SMILES string of the molecule is CN=C(NCC(C)(C)SC)Nc1cc(OC)c(OC)c(OC)c1.I. The molecule has 0 aliphatic carbocycles.